The van der Waals surface area contributed by atoms with Gasteiger partial charge in [0, 0.05) is 19.8 Å². The van der Waals surface area contributed by atoms with Crippen LogP contribution in [0, 0.1) is 5.82 Å². The van der Waals surface area contributed by atoms with E-state index in [-0.39, 0.29) is 5.69 Å². The Kier molecular flexibility index (Phi) is 6.45. The van der Waals surface area contributed by atoms with E-state index in [2.05, 4.69) is 10.6 Å². The van der Waals surface area contributed by atoms with Crippen molar-refractivity contribution in [2.45, 2.75) is 13.3 Å². The Labute approximate surface area is 115 Å². The van der Waals surface area contributed by atoms with E-state index in [1.54, 1.807) is 0 Å². The van der Waals surface area contributed by atoms with Gasteiger partial charge in [-0.1, -0.05) is 6.07 Å². The number of aromatic carboxylic acids is 1. The van der Waals surface area contributed by atoms with Crippen LogP contribution >= 0.6 is 0 Å². The Morgan fingerprint density at radius 3 is 2.80 bits per heavy atom. The van der Waals surface area contributed by atoms with Crippen LogP contribution in [-0.2, 0) is 4.74 Å². The molecule has 0 fully saturated rings. The SMILES string of the molecule is CCOCCCNC(=O)Nc1cccc(F)c1C(=O)O. The third-order valence-corrected chi connectivity index (χ3v) is 2.43. The number of anilines is 1. The molecule has 0 aliphatic heterocycles. The number of rotatable bonds is 7. The molecule has 6 nitrogen and oxygen atoms in total. The van der Waals surface area contributed by atoms with E-state index in [1.807, 2.05) is 6.92 Å². The molecule has 0 aromatic heterocycles. The summed E-state index contributed by atoms with van der Waals surface area (Å²) in [4.78, 5) is 22.5. The highest BCUT2D eigenvalue weighted by Crippen LogP contribution is 2.18. The monoisotopic (exact) mass is 284 g/mol. The fraction of sp³-hybridized carbons (Fsp3) is 0.385. The van der Waals surface area contributed by atoms with Gasteiger partial charge in [-0.15, -0.1) is 0 Å². The summed E-state index contributed by atoms with van der Waals surface area (Å²) in [6.07, 6.45) is 0.635. The van der Waals surface area contributed by atoms with Gasteiger partial charge in [0.15, 0.2) is 0 Å². The Balaban J connectivity index is 2.54. The van der Waals surface area contributed by atoms with Crippen molar-refractivity contribution in [2.24, 2.45) is 0 Å². The van der Waals surface area contributed by atoms with Gasteiger partial charge >= 0.3 is 12.0 Å². The van der Waals surface area contributed by atoms with Crippen LogP contribution < -0.4 is 10.6 Å². The standard InChI is InChI=1S/C13H17FN2O4/c1-2-20-8-4-7-15-13(19)16-10-6-3-5-9(14)11(10)12(17)18/h3,5-6H,2,4,7-8H2,1H3,(H,17,18)(H2,15,16,19). The number of benzene rings is 1. The molecule has 1 aromatic carbocycles. The Morgan fingerprint density at radius 2 is 2.15 bits per heavy atom. The molecule has 2 amide bonds. The van der Waals surface area contributed by atoms with Crippen molar-refractivity contribution >= 4 is 17.7 Å². The number of halogens is 1. The molecule has 0 atom stereocenters. The molecule has 0 saturated carbocycles. The van der Waals surface area contributed by atoms with E-state index in [9.17, 15) is 14.0 Å². The number of carbonyl (C=O) groups is 2. The van der Waals surface area contributed by atoms with Gasteiger partial charge in [-0.05, 0) is 25.5 Å². The Morgan fingerprint density at radius 1 is 1.40 bits per heavy atom. The minimum absolute atomic E-state index is 0.0835. The zero-order valence-corrected chi connectivity index (χ0v) is 11.1. The first-order valence-electron chi connectivity index (χ1n) is 6.20. The molecular formula is C13H17FN2O4. The predicted molar refractivity (Wildman–Crippen MR) is 71.5 cm³/mol. The van der Waals surface area contributed by atoms with E-state index in [4.69, 9.17) is 9.84 Å². The van der Waals surface area contributed by atoms with Crippen LogP contribution in [0.5, 0.6) is 0 Å². The van der Waals surface area contributed by atoms with Crippen LogP contribution in [0.25, 0.3) is 0 Å². The summed E-state index contributed by atoms with van der Waals surface area (Å²) >= 11 is 0. The van der Waals surface area contributed by atoms with E-state index in [0.29, 0.717) is 26.2 Å². The molecule has 20 heavy (non-hydrogen) atoms. The van der Waals surface area contributed by atoms with Gasteiger partial charge in [-0.3, -0.25) is 0 Å². The first kappa shape index (κ1) is 15.9. The molecule has 0 spiro atoms. The average Bonchev–Trinajstić information content (AvgIpc) is 2.38. The Hall–Kier alpha value is -2.15. The molecule has 0 radical (unpaired) electrons. The smallest absolute Gasteiger partial charge is 0.340 e. The lowest BCUT2D eigenvalue weighted by molar-refractivity contribution is 0.0693. The van der Waals surface area contributed by atoms with E-state index < -0.39 is 23.4 Å². The molecule has 7 heteroatoms. The zero-order chi connectivity index (χ0) is 15.0. The second-order valence-electron chi connectivity index (χ2n) is 3.90. The number of carboxylic acid groups (broad SMARTS) is 1. The van der Waals surface area contributed by atoms with Crippen molar-refractivity contribution in [2.75, 3.05) is 25.1 Å². The summed E-state index contributed by atoms with van der Waals surface area (Å²) < 4.78 is 18.5. The molecule has 1 rings (SSSR count). The average molecular weight is 284 g/mol. The number of nitrogens with one attached hydrogen (secondary N) is 2. The van der Waals surface area contributed by atoms with Crippen molar-refractivity contribution < 1.29 is 23.8 Å². The lowest BCUT2D eigenvalue weighted by Gasteiger charge is -2.10. The maximum atomic E-state index is 13.4. The molecule has 1 aromatic rings. The van der Waals surface area contributed by atoms with Gasteiger partial charge < -0.3 is 20.5 Å². The van der Waals surface area contributed by atoms with Crippen LogP contribution in [0.3, 0.4) is 0 Å². The van der Waals surface area contributed by atoms with Crippen LogP contribution in [0.4, 0.5) is 14.9 Å². The minimum atomic E-state index is -1.44. The Bertz CT molecular complexity index is 479. The molecule has 3 N–H and O–H groups in total. The van der Waals surface area contributed by atoms with Crippen molar-refractivity contribution in [1.29, 1.82) is 0 Å². The van der Waals surface area contributed by atoms with Gasteiger partial charge in [-0.2, -0.15) is 0 Å². The maximum absolute atomic E-state index is 13.4. The van der Waals surface area contributed by atoms with Crippen LogP contribution in [0.15, 0.2) is 18.2 Å². The number of amides is 2. The summed E-state index contributed by atoms with van der Waals surface area (Å²) in [6, 6.07) is 3.09. The summed E-state index contributed by atoms with van der Waals surface area (Å²) in [6.45, 7) is 3.38. The van der Waals surface area contributed by atoms with Gasteiger partial charge in [0.2, 0.25) is 0 Å². The summed E-state index contributed by atoms with van der Waals surface area (Å²) in [5.74, 6) is -2.33. The minimum Gasteiger partial charge on any atom is -0.478 e. The number of carboxylic acids is 1. The third kappa shape index (κ3) is 4.85. The largest absolute Gasteiger partial charge is 0.478 e. The maximum Gasteiger partial charge on any atom is 0.340 e. The number of hydrogen-bond donors (Lipinski definition) is 3. The summed E-state index contributed by atoms with van der Waals surface area (Å²) in [7, 11) is 0. The van der Waals surface area contributed by atoms with E-state index >= 15 is 0 Å². The van der Waals surface area contributed by atoms with Gasteiger partial charge in [-0.25, -0.2) is 14.0 Å². The number of carbonyl (C=O) groups excluding carboxylic acids is 1. The zero-order valence-electron chi connectivity index (χ0n) is 11.1. The molecule has 110 valence electrons. The third-order valence-electron chi connectivity index (χ3n) is 2.43. The highest BCUT2D eigenvalue weighted by Gasteiger charge is 2.16. The molecule has 0 bridgehead atoms. The fourth-order valence-corrected chi connectivity index (χ4v) is 1.53. The predicted octanol–water partition coefficient (Wildman–Crippen LogP) is 2.07. The van der Waals surface area contributed by atoms with Crippen LogP contribution in [0.2, 0.25) is 0 Å². The van der Waals surface area contributed by atoms with Gasteiger partial charge in [0.05, 0.1) is 5.69 Å². The van der Waals surface area contributed by atoms with Gasteiger partial charge in [0.25, 0.3) is 0 Å². The lowest BCUT2D eigenvalue weighted by atomic mass is 10.1. The van der Waals surface area contributed by atoms with Crippen molar-refractivity contribution in [3.8, 4) is 0 Å². The van der Waals surface area contributed by atoms with E-state index in [1.165, 1.54) is 12.1 Å². The first-order valence-corrected chi connectivity index (χ1v) is 6.20. The van der Waals surface area contributed by atoms with Crippen LogP contribution in [0.1, 0.15) is 23.7 Å². The molecule has 0 saturated heterocycles. The van der Waals surface area contributed by atoms with E-state index in [0.717, 1.165) is 6.07 Å². The van der Waals surface area contributed by atoms with Crippen molar-refractivity contribution in [3.63, 3.8) is 0 Å². The van der Waals surface area contributed by atoms with Crippen molar-refractivity contribution in [3.05, 3.63) is 29.6 Å². The number of hydrogen-bond acceptors (Lipinski definition) is 3. The highest BCUT2D eigenvalue weighted by molar-refractivity contribution is 6.00. The number of ether oxygens (including phenoxy) is 1. The molecular weight excluding hydrogens is 267 g/mol. The van der Waals surface area contributed by atoms with Gasteiger partial charge in [0.1, 0.15) is 11.4 Å². The quantitative estimate of drug-likeness (QED) is 0.669. The van der Waals surface area contributed by atoms with Crippen molar-refractivity contribution in [1.82, 2.24) is 5.32 Å². The molecule has 0 aliphatic carbocycles. The fourth-order valence-electron chi connectivity index (χ4n) is 1.53. The topological polar surface area (TPSA) is 87.7 Å². The van der Waals surface area contributed by atoms with Crippen LogP contribution in [-0.4, -0.2) is 36.9 Å². The summed E-state index contributed by atoms with van der Waals surface area (Å²) in [5, 5.41) is 13.7. The number of urea groups is 1. The molecule has 0 heterocycles. The first-order chi connectivity index (χ1) is 9.56. The normalized spacial score (nSPS) is 10.1. The summed E-state index contributed by atoms with van der Waals surface area (Å²) in [5.41, 5.74) is -0.642. The lowest BCUT2D eigenvalue weighted by Crippen LogP contribution is -2.30. The second-order valence-corrected chi connectivity index (χ2v) is 3.90. The molecule has 0 unspecified atom stereocenters. The highest BCUT2D eigenvalue weighted by atomic mass is 19.1. The second kappa shape index (κ2) is 8.11. The molecule has 0 aliphatic rings.